The molecule has 0 spiro atoms. The molecule has 2 aromatic rings. The molecule has 1 heterocycles. The Hall–Kier alpha value is -1.94. The summed E-state index contributed by atoms with van der Waals surface area (Å²) in [4.78, 5) is 21.7. The van der Waals surface area contributed by atoms with E-state index in [-0.39, 0.29) is 5.91 Å². The number of carbonyl (C=O) groups is 1. The lowest BCUT2D eigenvalue weighted by molar-refractivity contribution is -0.116. The van der Waals surface area contributed by atoms with E-state index in [9.17, 15) is 4.79 Å². The Morgan fingerprint density at radius 3 is 2.50 bits per heavy atom. The van der Waals surface area contributed by atoms with Crippen LogP contribution in [0.1, 0.15) is 23.6 Å². The van der Waals surface area contributed by atoms with Gasteiger partial charge in [0, 0.05) is 29.9 Å². The number of aryl methyl sites for hydroxylation is 1. The number of hydrogen-bond acceptors (Lipinski definition) is 3. The maximum absolute atomic E-state index is 12.0. The van der Waals surface area contributed by atoms with Gasteiger partial charge in [-0.05, 0) is 31.0 Å². The smallest absolute Gasteiger partial charge is 0.224 e. The van der Waals surface area contributed by atoms with Crippen LogP contribution in [0.25, 0.3) is 0 Å². The third-order valence-corrected chi connectivity index (χ3v) is 3.58. The van der Waals surface area contributed by atoms with Gasteiger partial charge in [-0.3, -0.25) is 4.79 Å². The quantitative estimate of drug-likeness (QED) is 0.871. The van der Waals surface area contributed by atoms with Gasteiger partial charge < -0.3 is 4.90 Å². The summed E-state index contributed by atoms with van der Waals surface area (Å²) in [5.41, 5.74) is 3.65. The van der Waals surface area contributed by atoms with Gasteiger partial charge in [-0.15, -0.1) is 0 Å². The number of rotatable bonds is 3. The number of carbonyl (C=O) groups excluding carboxylic acids is 1. The first-order valence-corrected chi connectivity index (χ1v) is 6.66. The predicted molar refractivity (Wildman–Crippen MR) is 79.8 cm³/mol. The molecular formula is C15H16ClN3O. The molecule has 4 nitrogen and oxygen atoms in total. The number of halogens is 1. The van der Waals surface area contributed by atoms with Gasteiger partial charge in [-0.25, -0.2) is 9.97 Å². The molecule has 0 unspecified atom stereocenters. The Labute approximate surface area is 123 Å². The van der Waals surface area contributed by atoms with Crippen LogP contribution in [-0.2, 0) is 11.3 Å². The Kier molecular flexibility index (Phi) is 4.35. The molecule has 0 fully saturated rings. The molecule has 20 heavy (non-hydrogen) atoms. The van der Waals surface area contributed by atoms with E-state index >= 15 is 0 Å². The van der Waals surface area contributed by atoms with E-state index in [2.05, 4.69) is 9.97 Å². The molecular weight excluding hydrogens is 274 g/mol. The van der Waals surface area contributed by atoms with E-state index < -0.39 is 0 Å². The van der Waals surface area contributed by atoms with Crippen molar-refractivity contribution in [2.75, 3.05) is 4.90 Å². The maximum atomic E-state index is 12.0. The number of nitrogens with zero attached hydrogens (tertiary/aromatic N) is 3. The molecule has 0 aliphatic carbocycles. The molecule has 0 atom stereocenters. The number of amides is 1. The number of anilines is 1. The highest BCUT2D eigenvalue weighted by Crippen LogP contribution is 2.31. The predicted octanol–water partition coefficient (Wildman–Crippen LogP) is 3.30. The highest BCUT2D eigenvalue weighted by molar-refractivity contribution is 6.31. The van der Waals surface area contributed by atoms with Gasteiger partial charge in [0.05, 0.1) is 12.2 Å². The lowest BCUT2D eigenvalue weighted by atomic mass is 10.1. The molecule has 0 aliphatic heterocycles. The van der Waals surface area contributed by atoms with Gasteiger partial charge in [0.2, 0.25) is 5.91 Å². The van der Waals surface area contributed by atoms with E-state index in [1.807, 2.05) is 26.0 Å². The van der Waals surface area contributed by atoms with Crippen molar-refractivity contribution >= 4 is 23.2 Å². The van der Waals surface area contributed by atoms with Gasteiger partial charge in [0.25, 0.3) is 0 Å². The zero-order valence-corrected chi connectivity index (χ0v) is 12.5. The summed E-state index contributed by atoms with van der Waals surface area (Å²) < 4.78 is 0. The second-order valence-corrected chi connectivity index (χ2v) is 5.10. The summed E-state index contributed by atoms with van der Waals surface area (Å²) in [6.07, 6.45) is 4.88. The summed E-state index contributed by atoms with van der Waals surface area (Å²) in [6.45, 7) is 5.86. The molecule has 104 valence electrons. The average molecular weight is 290 g/mol. The van der Waals surface area contributed by atoms with Crippen molar-refractivity contribution < 1.29 is 4.79 Å². The van der Waals surface area contributed by atoms with Crippen LogP contribution >= 0.6 is 11.6 Å². The van der Waals surface area contributed by atoms with E-state index in [0.717, 1.165) is 22.4 Å². The van der Waals surface area contributed by atoms with E-state index in [1.165, 1.54) is 6.33 Å². The molecule has 1 aromatic heterocycles. The van der Waals surface area contributed by atoms with Crippen LogP contribution in [0.2, 0.25) is 5.02 Å². The van der Waals surface area contributed by atoms with Gasteiger partial charge >= 0.3 is 0 Å². The lowest BCUT2D eigenvalue weighted by Gasteiger charge is -2.25. The van der Waals surface area contributed by atoms with Crippen molar-refractivity contribution in [2.45, 2.75) is 27.3 Å². The topological polar surface area (TPSA) is 46.1 Å². The third-order valence-electron chi connectivity index (χ3n) is 3.17. The molecule has 0 bridgehead atoms. The summed E-state index contributed by atoms with van der Waals surface area (Å²) in [7, 11) is 0. The Morgan fingerprint density at radius 2 is 1.90 bits per heavy atom. The van der Waals surface area contributed by atoms with Crippen LogP contribution in [0.15, 0.2) is 30.9 Å². The zero-order chi connectivity index (χ0) is 14.7. The zero-order valence-electron chi connectivity index (χ0n) is 11.7. The normalized spacial score (nSPS) is 10.4. The van der Waals surface area contributed by atoms with Crippen LogP contribution in [-0.4, -0.2) is 15.9 Å². The minimum Gasteiger partial charge on any atom is -0.308 e. The van der Waals surface area contributed by atoms with Gasteiger partial charge in [-0.1, -0.05) is 17.7 Å². The lowest BCUT2D eigenvalue weighted by Crippen LogP contribution is -2.29. The van der Waals surface area contributed by atoms with Crippen molar-refractivity contribution in [1.82, 2.24) is 9.97 Å². The second-order valence-electron chi connectivity index (χ2n) is 4.69. The minimum absolute atomic E-state index is 0.0395. The van der Waals surface area contributed by atoms with Crippen LogP contribution in [0.3, 0.4) is 0 Å². The molecule has 5 heteroatoms. The van der Waals surface area contributed by atoms with Crippen molar-refractivity contribution in [3.63, 3.8) is 0 Å². The van der Waals surface area contributed by atoms with Gasteiger partial charge in [0.1, 0.15) is 6.33 Å². The van der Waals surface area contributed by atoms with E-state index in [0.29, 0.717) is 11.6 Å². The first-order chi connectivity index (χ1) is 9.50. The number of aromatic nitrogens is 2. The molecule has 0 aliphatic rings. The van der Waals surface area contributed by atoms with Crippen LogP contribution in [0.5, 0.6) is 0 Å². The molecule has 0 saturated carbocycles. The fraction of sp³-hybridized carbons (Fsp3) is 0.267. The largest absolute Gasteiger partial charge is 0.308 e. The standard InChI is InChI=1S/C15H16ClN3O/c1-10-4-5-14(16)11(2)15(10)19(12(3)20)8-13-6-17-9-18-7-13/h4-7,9H,8H2,1-3H3. The summed E-state index contributed by atoms with van der Waals surface area (Å²) in [5, 5.41) is 0.654. The summed E-state index contributed by atoms with van der Waals surface area (Å²) in [5.74, 6) is -0.0395. The fourth-order valence-corrected chi connectivity index (χ4v) is 2.32. The third kappa shape index (κ3) is 2.96. The Bertz CT molecular complexity index is 629. The first-order valence-electron chi connectivity index (χ1n) is 6.28. The molecule has 2 rings (SSSR count). The Morgan fingerprint density at radius 1 is 1.25 bits per heavy atom. The molecule has 0 N–H and O–H groups in total. The fourth-order valence-electron chi connectivity index (χ4n) is 2.17. The average Bonchev–Trinajstić information content (AvgIpc) is 2.43. The van der Waals surface area contributed by atoms with E-state index in [1.54, 1.807) is 24.2 Å². The number of benzene rings is 1. The highest BCUT2D eigenvalue weighted by Gasteiger charge is 2.18. The van der Waals surface area contributed by atoms with E-state index in [4.69, 9.17) is 11.6 Å². The van der Waals surface area contributed by atoms with Crippen molar-refractivity contribution in [2.24, 2.45) is 0 Å². The summed E-state index contributed by atoms with van der Waals surface area (Å²) >= 11 is 6.17. The van der Waals surface area contributed by atoms with Crippen molar-refractivity contribution in [3.05, 3.63) is 52.6 Å². The van der Waals surface area contributed by atoms with Crippen LogP contribution in [0, 0.1) is 13.8 Å². The Balaban J connectivity index is 2.45. The van der Waals surface area contributed by atoms with Gasteiger partial charge in [-0.2, -0.15) is 0 Å². The van der Waals surface area contributed by atoms with Crippen molar-refractivity contribution in [1.29, 1.82) is 0 Å². The van der Waals surface area contributed by atoms with Crippen LogP contribution in [0.4, 0.5) is 5.69 Å². The first kappa shape index (κ1) is 14.5. The molecule has 1 aromatic carbocycles. The SMILES string of the molecule is CC(=O)N(Cc1cncnc1)c1c(C)ccc(Cl)c1C. The summed E-state index contributed by atoms with van der Waals surface area (Å²) in [6, 6.07) is 3.77. The molecule has 0 radical (unpaired) electrons. The van der Waals surface area contributed by atoms with Crippen LogP contribution < -0.4 is 4.90 Å². The van der Waals surface area contributed by atoms with Crippen molar-refractivity contribution in [3.8, 4) is 0 Å². The molecule has 0 saturated heterocycles. The number of hydrogen-bond donors (Lipinski definition) is 0. The highest BCUT2D eigenvalue weighted by atomic mass is 35.5. The van der Waals surface area contributed by atoms with Gasteiger partial charge in [0.15, 0.2) is 0 Å². The monoisotopic (exact) mass is 289 g/mol. The minimum atomic E-state index is -0.0395. The second kappa shape index (κ2) is 6.01. The molecule has 1 amide bonds. The maximum Gasteiger partial charge on any atom is 0.224 e.